The number of benzene rings is 2. The summed E-state index contributed by atoms with van der Waals surface area (Å²) in [7, 11) is 1.56. The predicted molar refractivity (Wildman–Crippen MR) is 88.6 cm³/mol. The van der Waals surface area contributed by atoms with E-state index in [4.69, 9.17) is 9.84 Å². The molecular weight excluding hydrogens is 325 g/mol. The molecule has 5 nitrogen and oxygen atoms in total. The molecule has 0 aromatic heterocycles. The Balaban J connectivity index is 1.85. The standard InChI is InChI=1S/C19H18FNO4/c1-25-14-8-4-12(5-9-14)17(11-2-6-13(20)7-3-11)21-18(22)15-10-16(15)19(23)24/h2-9,15-17H,10H2,1H3,(H,21,22)(H,23,24)/t15-,16+,17-/m1/s1. The molecule has 0 spiro atoms. The lowest BCUT2D eigenvalue weighted by Gasteiger charge is -2.20. The second-order valence-electron chi connectivity index (χ2n) is 6.05. The summed E-state index contributed by atoms with van der Waals surface area (Å²) in [4.78, 5) is 23.4. The molecule has 1 saturated carbocycles. The van der Waals surface area contributed by atoms with Crippen LogP contribution in [0.5, 0.6) is 5.75 Å². The number of halogens is 1. The Kier molecular flexibility index (Phi) is 4.70. The maximum Gasteiger partial charge on any atom is 0.307 e. The molecular formula is C19H18FNO4. The van der Waals surface area contributed by atoms with E-state index < -0.39 is 23.8 Å². The van der Waals surface area contributed by atoms with Crippen LogP contribution >= 0.6 is 0 Å². The van der Waals surface area contributed by atoms with E-state index in [9.17, 15) is 14.0 Å². The second kappa shape index (κ2) is 6.93. The first-order chi connectivity index (χ1) is 12.0. The third kappa shape index (κ3) is 3.79. The summed E-state index contributed by atoms with van der Waals surface area (Å²) >= 11 is 0. The Labute approximate surface area is 144 Å². The number of nitrogens with one attached hydrogen (secondary N) is 1. The molecule has 1 aliphatic carbocycles. The van der Waals surface area contributed by atoms with Gasteiger partial charge in [-0.25, -0.2) is 4.39 Å². The quantitative estimate of drug-likeness (QED) is 0.846. The minimum atomic E-state index is -0.956. The SMILES string of the molecule is COc1ccc([C@H](NC(=O)[C@@H]2C[C@@H]2C(=O)O)c2ccc(F)cc2)cc1. The van der Waals surface area contributed by atoms with Gasteiger partial charge in [-0.2, -0.15) is 0 Å². The van der Waals surface area contributed by atoms with Crippen molar-refractivity contribution in [2.75, 3.05) is 7.11 Å². The van der Waals surface area contributed by atoms with Crippen LogP contribution in [0, 0.1) is 17.7 Å². The van der Waals surface area contributed by atoms with E-state index >= 15 is 0 Å². The number of hydrogen-bond acceptors (Lipinski definition) is 3. The van der Waals surface area contributed by atoms with Crippen LogP contribution in [0.3, 0.4) is 0 Å². The average Bonchev–Trinajstić information content (AvgIpc) is 3.42. The molecule has 0 aliphatic heterocycles. The van der Waals surface area contributed by atoms with Gasteiger partial charge in [0.2, 0.25) is 5.91 Å². The summed E-state index contributed by atoms with van der Waals surface area (Å²) in [5, 5.41) is 11.9. The minimum Gasteiger partial charge on any atom is -0.497 e. The number of carbonyl (C=O) groups excluding carboxylic acids is 1. The summed E-state index contributed by atoms with van der Waals surface area (Å²) < 4.78 is 18.4. The Morgan fingerprint density at radius 1 is 1.08 bits per heavy atom. The smallest absolute Gasteiger partial charge is 0.307 e. The molecule has 1 amide bonds. The number of rotatable bonds is 6. The number of ether oxygens (including phenoxy) is 1. The summed E-state index contributed by atoms with van der Waals surface area (Å²) in [6.07, 6.45) is 0.347. The second-order valence-corrected chi connectivity index (χ2v) is 6.05. The van der Waals surface area contributed by atoms with Gasteiger partial charge in [-0.1, -0.05) is 24.3 Å². The predicted octanol–water partition coefficient (Wildman–Crippen LogP) is 2.76. The summed E-state index contributed by atoms with van der Waals surface area (Å²) in [6, 6.07) is 12.5. The van der Waals surface area contributed by atoms with Crippen molar-refractivity contribution in [1.29, 1.82) is 0 Å². The van der Waals surface area contributed by atoms with Crippen LogP contribution in [0.1, 0.15) is 23.6 Å². The number of methoxy groups -OCH3 is 1. The third-order valence-electron chi connectivity index (χ3n) is 4.38. The number of amides is 1. The summed E-state index contributed by atoms with van der Waals surface area (Å²) in [5.41, 5.74) is 1.51. The summed E-state index contributed by atoms with van der Waals surface area (Å²) in [5.74, 6) is -2.08. The van der Waals surface area contributed by atoms with Gasteiger partial charge in [0.25, 0.3) is 0 Å². The molecule has 1 aliphatic rings. The highest BCUT2D eigenvalue weighted by Gasteiger charge is 2.48. The molecule has 0 heterocycles. The molecule has 0 unspecified atom stereocenters. The monoisotopic (exact) mass is 343 g/mol. The number of carboxylic acids is 1. The average molecular weight is 343 g/mol. The fourth-order valence-electron chi connectivity index (χ4n) is 2.82. The van der Waals surface area contributed by atoms with E-state index in [2.05, 4.69) is 5.32 Å². The van der Waals surface area contributed by atoms with Gasteiger partial charge >= 0.3 is 5.97 Å². The van der Waals surface area contributed by atoms with Gasteiger partial charge < -0.3 is 15.2 Å². The zero-order chi connectivity index (χ0) is 18.0. The van der Waals surface area contributed by atoms with Crippen molar-refractivity contribution in [3.05, 3.63) is 65.5 Å². The topological polar surface area (TPSA) is 75.6 Å². The van der Waals surface area contributed by atoms with Gasteiger partial charge in [0, 0.05) is 0 Å². The van der Waals surface area contributed by atoms with E-state index in [-0.39, 0.29) is 11.7 Å². The van der Waals surface area contributed by atoms with Crippen molar-refractivity contribution in [2.24, 2.45) is 11.8 Å². The van der Waals surface area contributed by atoms with E-state index in [1.165, 1.54) is 12.1 Å². The van der Waals surface area contributed by atoms with E-state index in [1.807, 2.05) is 12.1 Å². The van der Waals surface area contributed by atoms with Crippen molar-refractivity contribution in [1.82, 2.24) is 5.32 Å². The van der Waals surface area contributed by atoms with Crippen LogP contribution in [0.25, 0.3) is 0 Å². The largest absolute Gasteiger partial charge is 0.497 e. The molecule has 0 bridgehead atoms. The number of aliphatic carboxylic acids is 1. The van der Waals surface area contributed by atoms with Gasteiger partial charge in [-0.3, -0.25) is 9.59 Å². The molecule has 2 aromatic carbocycles. The van der Waals surface area contributed by atoms with Gasteiger partial charge in [-0.15, -0.1) is 0 Å². The Morgan fingerprint density at radius 3 is 2.12 bits per heavy atom. The van der Waals surface area contributed by atoms with Crippen molar-refractivity contribution in [2.45, 2.75) is 12.5 Å². The van der Waals surface area contributed by atoms with Crippen LogP contribution in [-0.4, -0.2) is 24.1 Å². The van der Waals surface area contributed by atoms with Crippen LogP contribution in [0.2, 0.25) is 0 Å². The van der Waals surface area contributed by atoms with Crippen molar-refractivity contribution < 1.29 is 23.8 Å². The van der Waals surface area contributed by atoms with Gasteiger partial charge in [0.05, 0.1) is 25.0 Å². The summed E-state index contributed by atoms with van der Waals surface area (Å²) in [6.45, 7) is 0. The Morgan fingerprint density at radius 2 is 1.64 bits per heavy atom. The first-order valence-corrected chi connectivity index (χ1v) is 7.92. The fourth-order valence-corrected chi connectivity index (χ4v) is 2.82. The maximum absolute atomic E-state index is 13.2. The van der Waals surface area contributed by atoms with E-state index in [1.54, 1.807) is 31.4 Å². The molecule has 3 rings (SSSR count). The molecule has 1 fully saturated rings. The van der Waals surface area contributed by atoms with Crippen molar-refractivity contribution in [3.63, 3.8) is 0 Å². The molecule has 3 atom stereocenters. The lowest BCUT2D eigenvalue weighted by atomic mass is 9.98. The van der Waals surface area contributed by atoms with Crippen molar-refractivity contribution in [3.8, 4) is 5.75 Å². The third-order valence-corrected chi connectivity index (χ3v) is 4.38. The van der Waals surface area contributed by atoms with Crippen LogP contribution < -0.4 is 10.1 Å². The van der Waals surface area contributed by atoms with Crippen LogP contribution in [-0.2, 0) is 9.59 Å². The lowest BCUT2D eigenvalue weighted by molar-refractivity contribution is -0.140. The van der Waals surface area contributed by atoms with Gasteiger partial charge in [-0.05, 0) is 41.8 Å². The van der Waals surface area contributed by atoms with E-state index in [0.717, 1.165) is 5.56 Å². The molecule has 2 N–H and O–H groups in total. The molecule has 2 aromatic rings. The normalized spacial score (nSPS) is 19.8. The highest BCUT2D eigenvalue weighted by Crippen LogP contribution is 2.39. The highest BCUT2D eigenvalue weighted by molar-refractivity contribution is 5.89. The number of carbonyl (C=O) groups is 2. The van der Waals surface area contributed by atoms with Gasteiger partial charge in [0.1, 0.15) is 11.6 Å². The fraction of sp³-hybridized carbons (Fsp3) is 0.263. The molecule has 0 radical (unpaired) electrons. The van der Waals surface area contributed by atoms with E-state index in [0.29, 0.717) is 17.7 Å². The number of hydrogen-bond donors (Lipinski definition) is 2. The zero-order valence-electron chi connectivity index (χ0n) is 13.6. The minimum absolute atomic E-state index is 0.308. The molecule has 130 valence electrons. The first-order valence-electron chi connectivity index (χ1n) is 7.92. The van der Waals surface area contributed by atoms with Crippen LogP contribution in [0.15, 0.2) is 48.5 Å². The maximum atomic E-state index is 13.2. The Hall–Kier alpha value is -2.89. The highest BCUT2D eigenvalue weighted by atomic mass is 19.1. The Bertz CT molecular complexity index is 773. The van der Waals surface area contributed by atoms with Crippen LogP contribution in [0.4, 0.5) is 4.39 Å². The van der Waals surface area contributed by atoms with Gasteiger partial charge in [0.15, 0.2) is 0 Å². The lowest BCUT2D eigenvalue weighted by Crippen LogP contribution is -2.31. The zero-order valence-corrected chi connectivity index (χ0v) is 13.6. The molecule has 25 heavy (non-hydrogen) atoms. The number of carboxylic acid groups (broad SMARTS) is 1. The molecule has 6 heteroatoms. The molecule has 0 saturated heterocycles. The first kappa shape index (κ1) is 17.0. The van der Waals surface area contributed by atoms with Crippen molar-refractivity contribution >= 4 is 11.9 Å².